The van der Waals surface area contributed by atoms with Crippen LogP contribution in [0.2, 0.25) is 0 Å². The molecule has 1 aliphatic carbocycles. The van der Waals surface area contributed by atoms with Gasteiger partial charge in [0.2, 0.25) is 23.6 Å². The Kier molecular flexibility index (Phi) is 2.15. The largest absolute Gasteiger partial charge is 0.286 e. The lowest BCUT2D eigenvalue weighted by molar-refractivity contribution is -0.153. The van der Waals surface area contributed by atoms with Crippen LogP contribution in [0.5, 0.6) is 0 Å². The number of likely N-dealkylation sites (tertiary alicyclic amines) is 2. The summed E-state index contributed by atoms with van der Waals surface area (Å²) in [5.41, 5.74) is 0. The number of amides is 4. The summed E-state index contributed by atoms with van der Waals surface area (Å²) in [6, 6.07) is 0. The molecule has 4 atom stereocenters. The van der Waals surface area contributed by atoms with E-state index in [-0.39, 0.29) is 41.9 Å². The van der Waals surface area contributed by atoms with Gasteiger partial charge < -0.3 is 0 Å². The summed E-state index contributed by atoms with van der Waals surface area (Å²) >= 11 is 0. The van der Waals surface area contributed by atoms with E-state index in [1.54, 1.807) is 0 Å². The molecule has 2 saturated heterocycles. The van der Waals surface area contributed by atoms with E-state index in [1.165, 1.54) is 14.1 Å². The van der Waals surface area contributed by atoms with Gasteiger partial charge >= 0.3 is 0 Å². The summed E-state index contributed by atoms with van der Waals surface area (Å²) in [6.07, 6.45) is 0.599. The number of hydrogen-bond donors (Lipinski definition) is 0. The number of nitrogens with zero attached hydrogens (tertiary/aromatic N) is 2. The van der Waals surface area contributed by atoms with Crippen LogP contribution in [-0.2, 0) is 19.2 Å². The molecule has 6 heteroatoms. The van der Waals surface area contributed by atoms with Crippen molar-refractivity contribution < 1.29 is 19.2 Å². The Balaban J connectivity index is 1.97. The maximum atomic E-state index is 12.0. The summed E-state index contributed by atoms with van der Waals surface area (Å²) in [7, 11) is 2.93. The third-order valence-corrected chi connectivity index (χ3v) is 4.62. The zero-order valence-corrected chi connectivity index (χ0v) is 10.3. The minimum Gasteiger partial charge on any atom is -0.286 e. The summed E-state index contributed by atoms with van der Waals surface area (Å²) in [5.74, 6) is -2.43. The van der Waals surface area contributed by atoms with Gasteiger partial charge in [0.1, 0.15) is 0 Å². The summed E-state index contributed by atoms with van der Waals surface area (Å²) in [4.78, 5) is 49.9. The number of rotatable bonds is 0. The molecule has 0 aromatic carbocycles. The normalized spacial score (nSPS) is 39.4. The first-order valence-electron chi connectivity index (χ1n) is 6.05. The van der Waals surface area contributed by atoms with Crippen molar-refractivity contribution in [1.82, 2.24) is 9.80 Å². The molecule has 18 heavy (non-hydrogen) atoms. The number of carbonyl (C=O) groups is 4. The highest BCUT2D eigenvalue weighted by Gasteiger charge is 2.60. The molecule has 0 aromatic rings. The van der Waals surface area contributed by atoms with Crippen molar-refractivity contribution in [2.24, 2.45) is 23.7 Å². The summed E-state index contributed by atoms with van der Waals surface area (Å²) < 4.78 is 0. The quantitative estimate of drug-likeness (QED) is 0.530. The molecule has 3 rings (SSSR count). The van der Waals surface area contributed by atoms with Crippen LogP contribution in [0.3, 0.4) is 0 Å². The fourth-order valence-corrected chi connectivity index (χ4v) is 3.60. The van der Waals surface area contributed by atoms with Gasteiger partial charge in [-0.2, -0.15) is 0 Å². The van der Waals surface area contributed by atoms with E-state index in [0.717, 1.165) is 9.80 Å². The van der Waals surface area contributed by atoms with Gasteiger partial charge in [-0.25, -0.2) is 0 Å². The SMILES string of the molecule is CN1C(=O)CC2C(CC3C(=O)N(C)C(=O)C32)C1=O. The topological polar surface area (TPSA) is 74.8 Å². The van der Waals surface area contributed by atoms with E-state index in [4.69, 9.17) is 0 Å². The zero-order valence-electron chi connectivity index (χ0n) is 10.3. The van der Waals surface area contributed by atoms with Crippen molar-refractivity contribution in [2.45, 2.75) is 12.8 Å². The fraction of sp³-hybridized carbons (Fsp3) is 0.667. The molecule has 1 saturated carbocycles. The van der Waals surface area contributed by atoms with Gasteiger partial charge in [0.15, 0.2) is 0 Å². The summed E-state index contributed by atoms with van der Waals surface area (Å²) in [5, 5.41) is 0. The van der Waals surface area contributed by atoms with E-state index in [2.05, 4.69) is 0 Å². The zero-order chi connectivity index (χ0) is 13.2. The molecule has 4 unspecified atom stereocenters. The second-order valence-corrected chi connectivity index (χ2v) is 5.37. The number of hydrogen-bond acceptors (Lipinski definition) is 4. The number of piperidine rings is 1. The van der Waals surface area contributed by atoms with Crippen LogP contribution in [0, 0.1) is 23.7 Å². The molecule has 96 valence electrons. The predicted octanol–water partition coefficient (Wildman–Crippen LogP) is -0.758. The van der Waals surface area contributed by atoms with Crippen LogP contribution < -0.4 is 0 Å². The Hall–Kier alpha value is -1.72. The van der Waals surface area contributed by atoms with Crippen LogP contribution in [0.15, 0.2) is 0 Å². The molecule has 3 fully saturated rings. The predicted molar refractivity (Wildman–Crippen MR) is 58.7 cm³/mol. The Morgan fingerprint density at radius 1 is 0.889 bits per heavy atom. The second kappa shape index (κ2) is 3.40. The molecule has 0 spiro atoms. The Labute approximate surface area is 104 Å². The molecule has 6 nitrogen and oxygen atoms in total. The van der Waals surface area contributed by atoms with E-state index in [0.29, 0.717) is 6.42 Å². The summed E-state index contributed by atoms with van der Waals surface area (Å²) in [6.45, 7) is 0. The van der Waals surface area contributed by atoms with Crippen molar-refractivity contribution in [3.63, 3.8) is 0 Å². The van der Waals surface area contributed by atoms with Crippen molar-refractivity contribution >= 4 is 23.6 Å². The van der Waals surface area contributed by atoms with Crippen LogP contribution >= 0.6 is 0 Å². The highest BCUT2D eigenvalue weighted by molar-refractivity contribution is 6.08. The number of fused-ring (bicyclic) bond motifs is 3. The first kappa shape index (κ1) is 11.4. The van der Waals surface area contributed by atoms with E-state index >= 15 is 0 Å². The third kappa shape index (κ3) is 1.18. The fourth-order valence-electron chi connectivity index (χ4n) is 3.60. The maximum absolute atomic E-state index is 12.0. The highest BCUT2D eigenvalue weighted by Crippen LogP contribution is 2.50. The van der Waals surface area contributed by atoms with Gasteiger partial charge in [0.05, 0.1) is 11.8 Å². The maximum Gasteiger partial charge on any atom is 0.233 e. The minimum absolute atomic E-state index is 0.195. The third-order valence-electron chi connectivity index (χ3n) is 4.62. The molecular formula is C12H14N2O4. The molecular weight excluding hydrogens is 236 g/mol. The molecule has 0 aromatic heterocycles. The molecule has 3 aliphatic rings. The Bertz CT molecular complexity index is 478. The molecule has 0 bridgehead atoms. The molecule has 2 aliphatic heterocycles. The molecule has 4 amide bonds. The van der Waals surface area contributed by atoms with Crippen molar-refractivity contribution in [3.8, 4) is 0 Å². The minimum atomic E-state index is -0.464. The monoisotopic (exact) mass is 250 g/mol. The second-order valence-electron chi connectivity index (χ2n) is 5.37. The Morgan fingerprint density at radius 2 is 1.50 bits per heavy atom. The van der Waals surface area contributed by atoms with Gasteiger partial charge in [-0.15, -0.1) is 0 Å². The van der Waals surface area contributed by atoms with E-state index in [9.17, 15) is 19.2 Å². The first-order valence-corrected chi connectivity index (χ1v) is 6.05. The molecule has 0 radical (unpaired) electrons. The lowest BCUT2D eigenvalue weighted by Gasteiger charge is -2.32. The lowest BCUT2D eigenvalue weighted by atomic mass is 9.82. The van der Waals surface area contributed by atoms with Crippen LogP contribution in [-0.4, -0.2) is 47.5 Å². The lowest BCUT2D eigenvalue weighted by Crippen LogP contribution is -2.47. The smallest absolute Gasteiger partial charge is 0.233 e. The van der Waals surface area contributed by atoms with Gasteiger partial charge in [-0.3, -0.25) is 29.0 Å². The van der Waals surface area contributed by atoms with Gasteiger partial charge in [0.25, 0.3) is 0 Å². The van der Waals surface area contributed by atoms with Gasteiger partial charge in [0, 0.05) is 26.4 Å². The van der Waals surface area contributed by atoms with Gasteiger partial charge in [-0.05, 0) is 12.3 Å². The van der Waals surface area contributed by atoms with E-state index < -0.39 is 11.8 Å². The average molecular weight is 250 g/mol. The van der Waals surface area contributed by atoms with Crippen LogP contribution in [0.1, 0.15) is 12.8 Å². The van der Waals surface area contributed by atoms with Gasteiger partial charge in [-0.1, -0.05) is 0 Å². The highest BCUT2D eigenvalue weighted by atomic mass is 16.2. The molecule has 2 heterocycles. The molecule has 0 N–H and O–H groups in total. The average Bonchev–Trinajstić information content (AvgIpc) is 2.80. The van der Waals surface area contributed by atoms with Crippen molar-refractivity contribution in [3.05, 3.63) is 0 Å². The van der Waals surface area contributed by atoms with Crippen molar-refractivity contribution in [2.75, 3.05) is 14.1 Å². The van der Waals surface area contributed by atoms with Crippen LogP contribution in [0.25, 0.3) is 0 Å². The number of carbonyl (C=O) groups excluding carboxylic acids is 4. The van der Waals surface area contributed by atoms with Crippen LogP contribution in [0.4, 0.5) is 0 Å². The first-order chi connectivity index (χ1) is 8.43. The van der Waals surface area contributed by atoms with Crippen molar-refractivity contribution in [1.29, 1.82) is 0 Å². The van der Waals surface area contributed by atoms with E-state index in [1.807, 2.05) is 0 Å². The Morgan fingerprint density at radius 3 is 2.17 bits per heavy atom. The number of imide groups is 2. The standard InChI is InChI=1S/C12H14N2O4/c1-13-8(15)4-5-6(10(13)16)3-7-9(5)12(18)14(2)11(7)17/h5-7,9H,3-4H2,1-2H3.